The van der Waals surface area contributed by atoms with Gasteiger partial charge >= 0.3 is 7.25 Å². The fourth-order valence-electron chi connectivity index (χ4n) is 1.34. The monoisotopic (exact) mass is 265 g/mol. The zero-order chi connectivity index (χ0) is 13.1. The quantitative estimate of drug-likeness (QED) is 0.415. The van der Waals surface area contributed by atoms with Crippen molar-refractivity contribution in [2.45, 2.75) is 19.9 Å². The van der Waals surface area contributed by atoms with E-state index in [0.29, 0.717) is 6.04 Å². The van der Waals surface area contributed by atoms with E-state index in [1.807, 2.05) is 0 Å². The van der Waals surface area contributed by atoms with Crippen LogP contribution in [0.4, 0.5) is 17.3 Å². The Hall–Kier alpha value is -1.11. The van der Waals surface area contributed by atoms with Crippen LogP contribution in [-0.4, -0.2) is 7.25 Å². The van der Waals surface area contributed by atoms with Crippen molar-refractivity contribution >= 4 is 28.8 Å². The third kappa shape index (κ3) is 4.72. The molecule has 1 aromatic heterocycles. The van der Waals surface area contributed by atoms with Gasteiger partial charge in [0.2, 0.25) is 11.0 Å². The van der Waals surface area contributed by atoms with E-state index in [4.69, 9.17) is 0 Å². The van der Waals surface area contributed by atoms with Gasteiger partial charge in [0.25, 0.3) is 0 Å². The zero-order valence-electron chi connectivity index (χ0n) is 9.41. The van der Waals surface area contributed by atoms with Crippen molar-refractivity contribution in [3.63, 3.8) is 0 Å². The zero-order valence-corrected chi connectivity index (χ0v) is 10.2. The highest BCUT2D eigenvalue weighted by molar-refractivity contribution is 7.16. The van der Waals surface area contributed by atoms with E-state index in [2.05, 4.69) is 48.2 Å². The van der Waals surface area contributed by atoms with Crippen molar-refractivity contribution in [1.29, 1.82) is 0 Å². The summed E-state index contributed by atoms with van der Waals surface area (Å²) < 4.78 is 42.7. The third-order valence-corrected chi connectivity index (χ3v) is 2.92. The molecule has 0 amide bonds. The molecule has 0 atom stereocenters. The lowest BCUT2D eigenvalue weighted by atomic mass is 10.3. The lowest BCUT2D eigenvalue weighted by Crippen LogP contribution is -2.33. The molecule has 0 fully saturated rings. The number of para-hydroxylation sites is 1. The van der Waals surface area contributed by atoms with Crippen molar-refractivity contribution in [2.24, 2.45) is 0 Å². The van der Waals surface area contributed by atoms with Crippen LogP contribution in [0.2, 0.25) is 0 Å². The molecule has 2 rings (SSSR count). The minimum atomic E-state index is -6.00. The summed E-state index contributed by atoms with van der Waals surface area (Å²) in [6, 6.07) is 9.07. The summed E-state index contributed by atoms with van der Waals surface area (Å²) in [5.41, 5.74) is 3.53. The van der Waals surface area contributed by atoms with Gasteiger partial charge in [-0.2, -0.15) is 4.57 Å². The number of benzene rings is 1. The first-order valence-corrected chi connectivity index (χ1v) is 5.91. The number of fused-ring (bicyclic) bond motifs is 1. The highest BCUT2D eigenvalue weighted by Crippen LogP contribution is 2.16. The topological polar surface area (TPSA) is 3.88 Å². The lowest BCUT2D eigenvalue weighted by Gasteiger charge is -1.95. The Kier molecular flexibility index (Phi) is 4.50. The van der Waals surface area contributed by atoms with Crippen LogP contribution < -0.4 is 4.57 Å². The highest BCUT2D eigenvalue weighted by atomic mass is 32.1. The minimum absolute atomic E-state index is 0.557. The second kappa shape index (κ2) is 5.49. The molecule has 2 aromatic rings. The Morgan fingerprint density at radius 1 is 1.12 bits per heavy atom. The number of rotatable bonds is 1. The number of thiazole rings is 1. The number of hydrogen-bond acceptors (Lipinski definition) is 1. The molecule has 0 aliphatic carbocycles. The van der Waals surface area contributed by atoms with E-state index in [1.54, 1.807) is 11.3 Å². The maximum Gasteiger partial charge on any atom is 0.673 e. The van der Waals surface area contributed by atoms with Gasteiger partial charge in [-0.15, -0.1) is 0 Å². The number of nitrogens with zero attached hydrogens (tertiary/aromatic N) is 1. The van der Waals surface area contributed by atoms with Crippen LogP contribution in [0.5, 0.6) is 0 Å². The van der Waals surface area contributed by atoms with Gasteiger partial charge in [-0.3, -0.25) is 0 Å². The average molecular weight is 265 g/mol. The van der Waals surface area contributed by atoms with Gasteiger partial charge in [-0.25, -0.2) is 0 Å². The van der Waals surface area contributed by atoms with Crippen molar-refractivity contribution in [3.8, 4) is 0 Å². The maximum absolute atomic E-state index is 9.75. The smallest absolute Gasteiger partial charge is 0.418 e. The fourth-order valence-corrected chi connectivity index (χ4v) is 2.38. The van der Waals surface area contributed by atoms with Crippen molar-refractivity contribution in [2.75, 3.05) is 0 Å². The van der Waals surface area contributed by atoms with Crippen LogP contribution in [-0.2, 0) is 0 Å². The molecule has 0 radical (unpaired) electrons. The van der Waals surface area contributed by atoms with Crippen LogP contribution in [0.25, 0.3) is 10.2 Å². The first kappa shape index (κ1) is 14.0. The normalized spacial score (nSPS) is 11.5. The maximum atomic E-state index is 9.75. The van der Waals surface area contributed by atoms with E-state index in [-0.39, 0.29) is 0 Å². The predicted octanol–water partition coefficient (Wildman–Crippen LogP) is 4.07. The average Bonchev–Trinajstić information content (AvgIpc) is 2.58. The molecule has 1 heterocycles. The van der Waals surface area contributed by atoms with E-state index in [9.17, 15) is 17.3 Å². The van der Waals surface area contributed by atoms with Crippen LogP contribution in [0, 0.1) is 0 Å². The summed E-state index contributed by atoms with van der Waals surface area (Å²) >= 11 is 1.81. The van der Waals surface area contributed by atoms with Gasteiger partial charge in [0, 0.05) is 6.07 Å². The molecule has 0 spiro atoms. The summed E-state index contributed by atoms with van der Waals surface area (Å²) in [4.78, 5) is 0. The molecule has 0 aliphatic heterocycles. The summed E-state index contributed by atoms with van der Waals surface area (Å²) in [6.07, 6.45) is 0. The first-order valence-electron chi connectivity index (χ1n) is 5.03. The molecule has 0 aliphatic rings. The Balaban J connectivity index is 0.000000249. The van der Waals surface area contributed by atoms with Gasteiger partial charge in [0.1, 0.15) is 4.70 Å². The van der Waals surface area contributed by atoms with Crippen molar-refractivity contribution in [1.82, 2.24) is 0 Å². The van der Waals surface area contributed by atoms with E-state index in [1.165, 1.54) is 10.2 Å². The number of aromatic nitrogens is 1. The van der Waals surface area contributed by atoms with Gasteiger partial charge in [0.05, 0.1) is 0 Å². The second-order valence-corrected chi connectivity index (χ2v) is 4.57. The molecular formula is C10H12BF4NS. The lowest BCUT2D eigenvalue weighted by molar-refractivity contribution is -0.687. The van der Waals surface area contributed by atoms with Crippen molar-refractivity contribution < 1.29 is 21.8 Å². The van der Waals surface area contributed by atoms with Crippen LogP contribution in [0.15, 0.2) is 29.8 Å². The number of halogens is 4. The van der Waals surface area contributed by atoms with Crippen molar-refractivity contribution in [3.05, 3.63) is 29.8 Å². The van der Waals surface area contributed by atoms with E-state index in [0.717, 1.165) is 0 Å². The van der Waals surface area contributed by atoms with Crippen LogP contribution in [0.3, 0.4) is 0 Å². The Labute approximate surface area is 101 Å². The molecule has 0 saturated carbocycles. The Morgan fingerprint density at radius 3 is 2.18 bits per heavy atom. The molecule has 1 nitrogen and oxygen atoms in total. The molecule has 0 bridgehead atoms. The molecular weight excluding hydrogens is 253 g/mol. The fraction of sp³-hybridized carbons (Fsp3) is 0.300. The highest BCUT2D eigenvalue weighted by Gasteiger charge is 2.20. The molecule has 0 saturated heterocycles. The summed E-state index contributed by atoms with van der Waals surface area (Å²) in [5, 5.41) is 0. The van der Waals surface area contributed by atoms with Gasteiger partial charge in [-0.1, -0.05) is 23.5 Å². The van der Waals surface area contributed by atoms with E-state index >= 15 is 0 Å². The van der Waals surface area contributed by atoms with Gasteiger partial charge < -0.3 is 17.3 Å². The molecule has 1 aromatic carbocycles. The molecule has 0 N–H and O–H groups in total. The molecule has 94 valence electrons. The Morgan fingerprint density at radius 2 is 1.65 bits per heavy atom. The number of hydrogen-bond donors (Lipinski definition) is 0. The third-order valence-electron chi connectivity index (χ3n) is 1.99. The van der Waals surface area contributed by atoms with E-state index < -0.39 is 7.25 Å². The van der Waals surface area contributed by atoms with Crippen LogP contribution >= 0.6 is 11.3 Å². The summed E-state index contributed by atoms with van der Waals surface area (Å²) in [6.45, 7) is 4.42. The Bertz CT molecular complexity index is 474. The standard InChI is InChI=1S/C10H12NS.BF4/c1-8(2)11-7-12-10-6-4-3-5-9(10)11;2-1(3,4)5/h3-8H,1-2H3;/q+1;-1. The largest absolute Gasteiger partial charge is 0.673 e. The summed E-state index contributed by atoms with van der Waals surface area (Å²) in [7, 11) is -6.00. The van der Waals surface area contributed by atoms with Crippen LogP contribution in [0.1, 0.15) is 19.9 Å². The predicted molar refractivity (Wildman–Crippen MR) is 62.6 cm³/mol. The SMILES string of the molecule is CC(C)[n+]1csc2ccccc21.F[B-](F)(F)F. The van der Waals surface area contributed by atoms with Gasteiger partial charge in [-0.05, 0) is 19.9 Å². The molecule has 0 unspecified atom stereocenters. The summed E-state index contributed by atoms with van der Waals surface area (Å²) in [5.74, 6) is 0. The minimum Gasteiger partial charge on any atom is -0.418 e. The molecule has 17 heavy (non-hydrogen) atoms. The first-order chi connectivity index (χ1) is 7.79. The molecule has 7 heteroatoms. The second-order valence-electron chi connectivity index (χ2n) is 3.69. The van der Waals surface area contributed by atoms with Gasteiger partial charge in [0.15, 0.2) is 6.04 Å².